The second-order valence-electron chi connectivity index (χ2n) is 4.89. The minimum Gasteiger partial charge on any atom is -0.327 e. The molecule has 0 aliphatic rings. The van der Waals surface area contributed by atoms with Gasteiger partial charge in [-0.1, -0.05) is 19.1 Å². The summed E-state index contributed by atoms with van der Waals surface area (Å²) in [6.45, 7) is 2.11. The second kappa shape index (κ2) is 7.81. The smallest absolute Gasteiger partial charge is 0.0766 e. The van der Waals surface area contributed by atoms with Crippen molar-refractivity contribution in [2.24, 2.45) is 12.8 Å². The van der Waals surface area contributed by atoms with Crippen molar-refractivity contribution < 1.29 is 0 Å². The van der Waals surface area contributed by atoms with Gasteiger partial charge in [-0.15, -0.1) is 11.8 Å². The third-order valence-electron chi connectivity index (χ3n) is 3.25. The molecule has 3 nitrogen and oxygen atoms in total. The molecule has 0 fully saturated rings. The first-order valence-electron chi connectivity index (χ1n) is 6.86. The molecule has 1 unspecified atom stereocenters. The zero-order valence-corrected chi connectivity index (χ0v) is 16.1. The molecule has 0 aliphatic heterocycles. The van der Waals surface area contributed by atoms with Crippen LogP contribution < -0.4 is 5.73 Å². The quantitative estimate of drug-likeness (QED) is 0.696. The van der Waals surface area contributed by atoms with Crippen LogP contribution in [0.2, 0.25) is 0 Å². The van der Waals surface area contributed by atoms with Crippen molar-refractivity contribution in [1.29, 1.82) is 0 Å². The van der Waals surface area contributed by atoms with Crippen molar-refractivity contribution in [3.63, 3.8) is 0 Å². The Balaban J connectivity index is 1.98. The number of rotatable bonds is 6. The van der Waals surface area contributed by atoms with Crippen molar-refractivity contribution >= 4 is 43.6 Å². The van der Waals surface area contributed by atoms with Crippen molar-refractivity contribution in [3.05, 3.63) is 44.6 Å². The molecule has 21 heavy (non-hydrogen) atoms. The lowest BCUT2D eigenvalue weighted by Crippen LogP contribution is -2.26. The fourth-order valence-electron chi connectivity index (χ4n) is 2.11. The highest BCUT2D eigenvalue weighted by Gasteiger charge is 2.16. The molecule has 0 spiro atoms. The van der Waals surface area contributed by atoms with Crippen molar-refractivity contribution in [1.82, 2.24) is 9.78 Å². The maximum Gasteiger partial charge on any atom is 0.0766 e. The number of hydrogen-bond donors (Lipinski definition) is 1. The molecular formula is C15H19Br2N3S. The maximum atomic E-state index is 6.29. The van der Waals surface area contributed by atoms with Crippen LogP contribution in [0, 0.1) is 0 Å². The molecule has 1 aromatic carbocycles. The van der Waals surface area contributed by atoms with E-state index in [9.17, 15) is 0 Å². The lowest BCUT2D eigenvalue weighted by atomic mass is 10.2. The topological polar surface area (TPSA) is 43.8 Å². The molecule has 0 aliphatic carbocycles. The van der Waals surface area contributed by atoms with Crippen LogP contribution >= 0.6 is 43.6 Å². The molecule has 1 heterocycles. The van der Waals surface area contributed by atoms with Gasteiger partial charge in [-0.05, 0) is 50.4 Å². The van der Waals surface area contributed by atoms with Crippen LogP contribution in [0.3, 0.4) is 0 Å². The van der Waals surface area contributed by atoms with Crippen molar-refractivity contribution in [3.8, 4) is 0 Å². The lowest BCUT2D eigenvalue weighted by Gasteiger charge is -2.12. The van der Waals surface area contributed by atoms with Gasteiger partial charge in [0, 0.05) is 34.6 Å². The first-order chi connectivity index (χ1) is 10.0. The first-order valence-corrected chi connectivity index (χ1v) is 9.43. The van der Waals surface area contributed by atoms with Gasteiger partial charge in [0.15, 0.2) is 0 Å². The maximum absolute atomic E-state index is 6.29. The van der Waals surface area contributed by atoms with Crippen LogP contribution in [-0.4, -0.2) is 21.6 Å². The average molecular weight is 433 g/mol. The minimum atomic E-state index is 0.0958. The van der Waals surface area contributed by atoms with Gasteiger partial charge in [-0.3, -0.25) is 4.68 Å². The molecule has 0 radical (unpaired) electrons. The summed E-state index contributed by atoms with van der Waals surface area (Å²) in [5.74, 6) is 0.877. The zero-order valence-electron chi connectivity index (χ0n) is 12.1. The third kappa shape index (κ3) is 4.34. The van der Waals surface area contributed by atoms with Crippen LogP contribution in [0.1, 0.15) is 18.3 Å². The number of thioether (sulfide) groups is 1. The summed E-state index contributed by atoms with van der Waals surface area (Å²) in [6, 6.07) is 8.32. The molecular weight excluding hydrogens is 414 g/mol. The van der Waals surface area contributed by atoms with Crippen LogP contribution in [-0.2, 0) is 19.9 Å². The van der Waals surface area contributed by atoms with Gasteiger partial charge >= 0.3 is 0 Å². The van der Waals surface area contributed by atoms with E-state index in [1.165, 1.54) is 10.6 Å². The Kier molecular flexibility index (Phi) is 6.34. The van der Waals surface area contributed by atoms with E-state index in [1.54, 1.807) is 11.8 Å². The molecule has 0 saturated carbocycles. The molecule has 114 valence electrons. The van der Waals surface area contributed by atoms with Crippen LogP contribution in [0.15, 0.2) is 38.1 Å². The number of aromatic nitrogens is 2. The number of hydrogen-bond acceptors (Lipinski definition) is 3. The van der Waals surface area contributed by atoms with E-state index < -0.39 is 0 Å². The lowest BCUT2D eigenvalue weighted by molar-refractivity contribution is 0.649. The SMILES string of the molecule is CCc1nn(C)c(CC(N)CSc2ccccc2Br)c1Br. The number of aryl methyl sites for hydroxylation is 2. The predicted octanol–water partition coefficient (Wildman–Crippen LogP) is 4.17. The van der Waals surface area contributed by atoms with E-state index in [0.29, 0.717) is 0 Å². The Morgan fingerprint density at radius 2 is 2.05 bits per heavy atom. The summed E-state index contributed by atoms with van der Waals surface area (Å²) in [7, 11) is 1.98. The fourth-order valence-corrected chi connectivity index (χ4v) is 4.41. The van der Waals surface area contributed by atoms with Gasteiger partial charge in [-0.2, -0.15) is 5.10 Å². The number of nitrogens with two attached hydrogens (primary N) is 1. The molecule has 1 aromatic heterocycles. The van der Waals surface area contributed by atoms with Crippen LogP contribution in [0.5, 0.6) is 0 Å². The molecule has 0 bridgehead atoms. The van der Waals surface area contributed by atoms with Gasteiger partial charge in [0.25, 0.3) is 0 Å². The first kappa shape index (κ1) is 17.1. The summed E-state index contributed by atoms with van der Waals surface area (Å²) in [4.78, 5) is 1.23. The normalized spacial score (nSPS) is 12.6. The van der Waals surface area contributed by atoms with E-state index in [2.05, 4.69) is 56.0 Å². The fraction of sp³-hybridized carbons (Fsp3) is 0.400. The third-order valence-corrected chi connectivity index (χ3v) is 6.38. The highest BCUT2D eigenvalue weighted by atomic mass is 79.9. The summed E-state index contributed by atoms with van der Waals surface area (Å²) in [6.07, 6.45) is 1.75. The van der Waals surface area contributed by atoms with Gasteiger partial charge < -0.3 is 5.73 Å². The summed E-state index contributed by atoms with van der Waals surface area (Å²) < 4.78 is 4.16. The molecule has 0 amide bonds. The summed E-state index contributed by atoms with van der Waals surface area (Å²) in [5, 5.41) is 4.51. The van der Waals surface area contributed by atoms with Gasteiger partial charge in [0.05, 0.1) is 15.9 Å². The molecule has 2 N–H and O–H groups in total. The van der Waals surface area contributed by atoms with Gasteiger partial charge in [-0.25, -0.2) is 0 Å². The Morgan fingerprint density at radius 3 is 2.67 bits per heavy atom. The molecule has 2 aromatic rings. The minimum absolute atomic E-state index is 0.0958. The van der Waals surface area contributed by atoms with E-state index in [1.807, 2.05) is 23.9 Å². The van der Waals surface area contributed by atoms with E-state index in [0.717, 1.165) is 33.2 Å². The zero-order chi connectivity index (χ0) is 15.4. The number of halogens is 2. The Labute approximate surface area is 146 Å². The van der Waals surface area contributed by atoms with Crippen molar-refractivity contribution in [2.75, 3.05) is 5.75 Å². The Bertz CT molecular complexity index is 613. The molecule has 1 atom stereocenters. The Morgan fingerprint density at radius 1 is 1.33 bits per heavy atom. The van der Waals surface area contributed by atoms with E-state index >= 15 is 0 Å². The summed E-state index contributed by atoms with van der Waals surface area (Å²) in [5.41, 5.74) is 8.56. The average Bonchev–Trinajstić information content (AvgIpc) is 2.74. The highest BCUT2D eigenvalue weighted by molar-refractivity contribution is 9.10. The predicted molar refractivity (Wildman–Crippen MR) is 96.8 cm³/mol. The van der Waals surface area contributed by atoms with Gasteiger partial charge in [0.1, 0.15) is 0 Å². The summed E-state index contributed by atoms with van der Waals surface area (Å²) >= 11 is 8.99. The standard InChI is InChI=1S/C15H19Br2N3S/c1-3-12-15(17)13(20(2)19-12)8-10(18)9-21-14-7-5-4-6-11(14)16/h4-7,10H,3,8-9,18H2,1-2H3. The highest BCUT2D eigenvalue weighted by Crippen LogP contribution is 2.28. The molecule has 6 heteroatoms. The Hall–Kier alpha value is -0.300. The van der Waals surface area contributed by atoms with Crippen molar-refractivity contribution in [2.45, 2.75) is 30.7 Å². The van der Waals surface area contributed by atoms with E-state index in [4.69, 9.17) is 5.73 Å². The van der Waals surface area contributed by atoms with Crippen LogP contribution in [0.25, 0.3) is 0 Å². The second-order valence-corrected chi connectivity index (χ2v) is 7.60. The number of nitrogens with zero attached hydrogens (tertiary/aromatic N) is 2. The molecule has 0 saturated heterocycles. The monoisotopic (exact) mass is 431 g/mol. The van der Waals surface area contributed by atoms with Gasteiger partial charge in [0.2, 0.25) is 0 Å². The van der Waals surface area contributed by atoms with E-state index in [-0.39, 0.29) is 6.04 Å². The van der Waals surface area contributed by atoms with Crippen LogP contribution in [0.4, 0.5) is 0 Å². The number of benzene rings is 1. The largest absolute Gasteiger partial charge is 0.327 e. The molecule has 2 rings (SSSR count).